The number of aromatic nitrogens is 5. The highest BCUT2D eigenvalue weighted by Gasteiger charge is 2.45. The average Bonchev–Trinajstić information content (AvgIpc) is 3.42. The van der Waals surface area contributed by atoms with Gasteiger partial charge in [-0.1, -0.05) is 36.0 Å². The molecule has 3 aromatic rings. The Morgan fingerprint density at radius 2 is 2.19 bits per heavy atom. The molecule has 194 valence electrons. The molecule has 0 amide bonds. The van der Waals surface area contributed by atoms with E-state index in [0.29, 0.717) is 22.9 Å². The Kier molecular flexibility index (Phi) is 4.43. The Balaban J connectivity index is 1.68. The molecule has 10 nitrogen and oxygen atoms in total. The first kappa shape index (κ1) is 15.1. The number of hydrogen-bond acceptors (Lipinski definition) is 10. The van der Waals surface area contributed by atoms with Crippen molar-refractivity contribution in [3.05, 3.63) is 35.1 Å². The van der Waals surface area contributed by atoms with Crippen molar-refractivity contribution in [1.82, 2.24) is 25.0 Å². The second-order valence-electron chi connectivity index (χ2n) is 7.95. The minimum atomic E-state index is -4.13. The average molecular weight is 530 g/mol. The first-order valence-electron chi connectivity index (χ1n) is 16.5. The summed E-state index contributed by atoms with van der Waals surface area (Å²) in [6.45, 7) is -1.68. The number of anilines is 1. The van der Waals surface area contributed by atoms with E-state index in [1.807, 2.05) is 0 Å². The molecule has 0 saturated heterocycles. The zero-order valence-electron chi connectivity index (χ0n) is 30.2. The number of nitrogens with one attached hydrogen (secondary N) is 1. The molecule has 2 aliphatic carbocycles. The van der Waals surface area contributed by atoms with Crippen molar-refractivity contribution in [2.24, 2.45) is 0 Å². The molecule has 36 heavy (non-hydrogen) atoms. The molecule has 4 N–H and O–H groups in total. The molecule has 6 atom stereocenters. The van der Waals surface area contributed by atoms with Gasteiger partial charge in [-0.25, -0.2) is 19.0 Å². The number of benzene rings is 1. The molecular formula is C24H31FN6O4S. The Bertz CT molecular complexity index is 1740. The maximum atomic E-state index is 14.3. The number of nitrogens with zero attached hydrogens (tertiary/aromatic N) is 5. The summed E-state index contributed by atoms with van der Waals surface area (Å²) in [5.41, 5.74) is -2.14. The summed E-state index contributed by atoms with van der Waals surface area (Å²) >= 11 is 0.487. The summed E-state index contributed by atoms with van der Waals surface area (Å²) < 4.78 is 112. The van der Waals surface area contributed by atoms with Crippen LogP contribution in [0.3, 0.4) is 0 Å². The van der Waals surface area contributed by atoms with Crippen molar-refractivity contribution in [2.45, 2.75) is 74.4 Å². The van der Waals surface area contributed by atoms with Crippen molar-refractivity contribution < 1.29 is 39.5 Å². The number of thioether (sulfide) groups is 1. The van der Waals surface area contributed by atoms with E-state index in [2.05, 4.69) is 25.6 Å². The van der Waals surface area contributed by atoms with Crippen LogP contribution in [0.5, 0.6) is 0 Å². The van der Waals surface area contributed by atoms with E-state index in [4.69, 9.17) is 19.8 Å². The monoisotopic (exact) mass is 529 g/mol. The maximum absolute atomic E-state index is 14.3. The molecular weight excluding hydrogens is 487 g/mol. The highest BCUT2D eigenvalue weighted by Crippen LogP contribution is 2.44. The van der Waals surface area contributed by atoms with E-state index in [1.165, 1.54) is 13.0 Å². The standard InChI is InChI=1S/C24H31FN6O4S/c1-3-8-36-24-27-22(26-16-10-14(16)13-5-4-12(2)15(25)9-13)19-23(28-24)31(30-29-19)17-11-18(35-7-6-32)21(34)20(17)33/h4-5,9,14,16-18,20-21,32-34H,3,6-8,10-11H2,1-2H3,(H,26,27,28)/t14-,16+,17+,18-,20-,21+/m0/s1/i7D2,8D2,11D2,16D,17D,18D,20D,21D. The number of aryl methyl sites for hydroxylation is 1. The number of aliphatic hydroxyl groups is 3. The molecule has 2 saturated carbocycles. The molecule has 0 unspecified atom stereocenters. The number of ether oxygens (including phenoxy) is 1. The van der Waals surface area contributed by atoms with Gasteiger partial charge in [0.2, 0.25) is 0 Å². The number of rotatable bonds is 10. The second kappa shape index (κ2) is 10.5. The molecule has 0 aliphatic heterocycles. The van der Waals surface area contributed by atoms with Gasteiger partial charge in [-0.2, -0.15) is 0 Å². The molecule has 12 heteroatoms. The quantitative estimate of drug-likeness (QED) is 0.228. The third-order valence-electron chi connectivity index (χ3n) is 5.50. The minimum absolute atomic E-state index is 0.0440. The van der Waals surface area contributed by atoms with Gasteiger partial charge in [-0.05, 0) is 37.0 Å². The molecule has 5 rings (SSSR count). The predicted molar refractivity (Wildman–Crippen MR) is 133 cm³/mol. The Hall–Kier alpha value is -2.38. The Labute approximate surface area is 227 Å². The van der Waals surface area contributed by atoms with Crippen molar-refractivity contribution in [3.8, 4) is 0 Å². The van der Waals surface area contributed by atoms with Crippen LogP contribution in [0.4, 0.5) is 10.2 Å². The summed E-state index contributed by atoms with van der Waals surface area (Å²) in [4.78, 5) is 8.42. The lowest BCUT2D eigenvalue weighted by molar-refractivity contribution is -0.0629. The third-order valence-corrected chi connectivity index (χ3v) is 6.29. The van der Waals surface area contributed by atoms with Gasteiger partial charge in [0.15, 0.2) is 22.1 Å². The smallest absolute Gasteiger partial charge is 0.191 e. The number of fused-ring (bicyclic) bond motifs is 1. The lowest BCUT2D eigenvalue weighted by Gasteiger charge is -2.17. The van der Waals surface area contributed by atoms with Crippen LogP contribution in [0.1, 0.15) is 64.3 Å². The van der Waals surface area contributed by atoms with Crippen LogP contribution in [0.2, 0.25) is 0 Å². The zero-order valence-corrected chi connectivity index (χ0v) is 20.0. The topological polar surface area (TPSA) is 138 Å². The van der Waals surface area contributed by atoms with Crippen molar-refractivity contribution in [2.75, 3.05) is 24.2 Å². The second-order valence-corrected chi connectivity index (χ2v) is 8.81. The maximum Gasteiger partial charge on any atom is 0.191 e. The molecule has 0 spiro atoms. The largest absolute Gasteiger partial charge is 0.394 e. The summed E-state index contributed by atoms with van der Waals surface area (Å²) in [5, 5.41) is 41.6. The number of halogens is 1. The van der Waals surface area contributed by atoms with Crippen LogP contribution in [-0.4, -0.2) is 83.4 Å². The summed E-state index contributed by atoms with van der Waals surface area (Å²) in [6.07, 6.45) is -16.0. The van der Waals surface area contributed by atoms with Gasteiger partial charge >= 0.3 is 0 Å². The van der Waals surface area contributed by atoms with Gasteiger partial charge < -0.3 is 25.4 Å². The van der Waals surface area contributed by atoms with Crippen LogP contribution in [0, 0.1) is 12.7 Å². The lowest BCUT2D eigenvalue weighted by Crippen LogP contribution is -2.33. The van der Waals surface area contributed by atoms with E-state index >= 15 is 0 Å². The number of aliphatic hydroxyl groups excluding tert-OH is 1. The van der Waals surface area contributed by atoms with Crippen molar-refractivity contribution in [3.63, 3.8) is 0 Å². The predicted octanol–water partition coefficient (Wildman–Crippen LogP) is 2.18. The van der Waals surface area contributed by atoms with E-state index in [1.54, 1.807) is 19.1 Å². The fourth-order valence-electron chi connectivity index (χ4n) is 3.59. The highest BCUT2D eigenvalue weighted by atomic mass is 32.2. The van der Waals surface area contributed by atoms with E-state index in [0.717, 1.165) is 0 Å². The van der Waals surface area contributed by atoms with E-state index < -0.39 is 72.9 Å². The van der Waals surface area contributed by atoms with Crippen molar-refractivity contribution >= 4 is 28.7 Å². The Morgan fingerprint density at radius 1 is 1.36 bits per heavy atom. The van der Waals surface area contributed by atoms with Crippen LogP contribution in [-0.2, 0) is 4.74 Å². The summed E-state index contributed by atoms with van der Waals surface area (Å²) in [5.74, 6) is -1.31. The van der Waals surface area contributed by atoms with Gasteiger partial charge in [-0.15, -0.1) is 5.10 Å². The lowest BCUT2D eigenvalue weighted by atomic mass is 10.1. The molecule has 2 fully saturated rings. The first-order chi connectivity index (χ1) is 21.3. The van der Waals surface area contributed by atoms with E-state index in [-0.39, 0.29) is 34.0 Å². The highest BCUT2D eigenvalue weighted by molar-refractivity contribution is 7.99. The molecule has 1 aromatic carbocycles. The van der Waals surface area contributed by atoms with Gasteiger partial charge in [0.1, 0.15) is 18.0 Å². The van der Waals surface area contributed by atoms with Crippen LogP contribution in [0.15, 0.2) is 23.4 Å². The number of hydrogen-bond donors (Lipinski definition) is 4. The van der Waals surface area contributed by atoms with Crippen molar-refractivity contribution in [1.29, 1.82) is 0 Å². The third kappa shape index (κ3) is 4.92. The molecule has 0 radical (unpaired) electrons. The summed E-state index contributed by atoms with van der Waals surface area (Å²) in [6, 6.07) is -0.785. The molecule has 2 heterocycles. The van der Waals surface area contributed by atoms with Gasteiger partial charge in [0, 0.05) is 29.5 Å². The van der Waals surface area contributed by atoms with Crippen LogP contribution < -0.4 is 5.32 Å². The molecule has 2 aromatic heterocycles. The molecule has 0 bridgehead atoms. The first-order valence-corrected chi connectivity index (χ1v) is 11.8. The summed E-state index contributed by atoms with van der Waals surface area (Å²) in [7, 11) is 0. The van der Waals surface area contributed by atoms with Crippen LogP contribution >= 0.6 is 11.8 Å². The SMILES string of the molecule is [2H]C([2H])(CO)O[C@@]1([2H])C([2H])([2H])[C@@]([2H])(n2nnc3c(N[C@]4([2H])C[C@H]4c4ccc(C)c(F)c4)nc(SC([2H])([2H])CC)nc32)[C@]([2H])(O)[C@]1([2H])O. The van der Waals surface area contributed by atoms with Gasteiger partial charge in [-0.3, -0.25) is 0 Å². The fraction of sp³-hybridized carbons (Fsp3) is 0.583. The van der Waals surface area contributed by atoms with Gasteiger partial charge in [0.25, 0.3) is 0 Å². The Morgan fingerprint density at radius 3 is 2.94 bits per heavy atom. The zero-order chi connectivity index (χ0) is 35.4. The molecule has 2 aliphatic rings. The van der Waals surface area contributed by atoms with E-state index in [9.17, 15) is 19.7 Å². The minimum Gasteiger partial charge on any atom is -0.394 e. The normalized spacial score (nSPS) is 44.5. The van der Waals surface area contributed by atoms with Crippen LogP contribution in [0.25, 0.3) is 11.2 Å². The fourth-order valence-corrected chi connectivity index (χ4v) is 4.13. The van der Waals surface area contributed by atoms with Gasteiger partial charge in [0.05, 0.1) is 34.9 Å².